The standard InChI is InChI=1S/C16H27N3O3/c1-5-10-19-14(20)7-6-13(18-19)15(21)17-11-16(4,22)9-8-12(2)3/h6-7,12,22H,5,8-11H2,1-4H3,(H,17,21). The maximum absolute atomic E-state index is 12.1. The molecule has 0 radical (unpaired) electrons. The highest BCUT2D eigenvalue weighted by atomic mass is 16.3. The quantitative estimate of drug-likeness (QED) is 0.763. The molecule has 0 fully saturated rings. The van der Waals surface area contributed by atoms with Crippen molar-refractivity contribution < 1.29 is 9.90 Å². The van der Waals surface area contributed by atoms with Gasteiger partial charge in [0, 0.05) is 19.2 Å². The fourth-order valence-electron chi connectivity index (χ4n) is 1.99. The van der Waals surface area contributed by atoms with E-state index in [0.717, 1.165) is 12.8 Å². The Labute approximate surface area is 131 Å². The van der Waals surface area contributed by atoms with Gasteiger partial charge in [0.15, 0.2) is 0 Å². The topological polar surface area (TPSA) is 84.2 Å². The average Bonchev–Trinajstić information content (AvgIpc) is 2.45. The molecule has 1 atom stereocenters. The van der Waals surface area contributed by atoms with Crippen molar-refractivity contribution in [3.63, 3.8) is 0 Å². The third kappa shape index (κ3) is 5.97. The van der Waals surface area contributed by atoms with E-state index < -0.39 is 5.60 Å². The van der Waals surface area contributed by atoms with Crippen LogP contribution in [-0.2, 0) is 6.54 Å². The van der Waals surface area contributed by atoms with E-state index in [1.54, 1.807) is 6.92 Å². The minimum Gasteiger partial charge on any atom is -0.388 e. The van der Waals surface area contributed by atoms with Gasteiger partial charge < -0.3 is 10.4 Å². The molecule has 1 aromatic heterocycles. The molecule has 0 saturated carbocycles. The number of carbonyl (C=O) groups is 1. The number of aliphatic hydroxyl groups is 1. The number of amides is 1. The monoisotopic (exact) mass is 309 g/mol. The summed E-state index contributed by atoms with van der Waals surface area (Å²) in [5.41, 5.74) is -0.979. The van der Waals surface area contributed by atoms with Crippen molar-refractivity contribution in [2.75, 3.05) is 6.54 Å². The average molecular weight is 309 g/mol. The highest BCUT2D eigenvalue weighted by molar-refractivity contribution is 5.92. The van der Waals surface area contributed by atoms with Gasteiger partial charge in [-0.25, -0.2) is 4.68 Å². The molecule has 22 heavy (non-hydrogen) atoms. The minimum atomic E-state index is -0.947. The summed E-state index contributed by atoms with van der Waals surface area (Å²) < 4.78 is 1.28. The van der Waals surface area contributed by atoms with Gasteiger partial charge in [-0.05, 0) is 38.2 Å². The molecule has 0 saturated heterocycles. The van der Waals surface area contributed by atoms with Crippen LogP contribution in [0.25, 0.3) is 0 Å². The molecule has 1 unspecified atom stereocenters. The van der Waals surface area contributed by atoms with E-state index in [9.17, 15) is 14.7 Å². The lowest BCUT2D eigenvalue weighted by atomic mass is 9.95. The molecule has 2 N–H and O–H groups in total. The van der Waals surface area contributed by atoms with Crippen molar-refractivity contribution in [3.05, 3.63) is 28.2 Å². The number of aryl methyl sites for hydroxylation is 1. The van der Waals surface area contributed by atoms with Gasteiger partial charge in [-0.2, -0.15) is 5.10 Å². The zero-order chi connectivity index (χ0) is 16.8. The van der Waals surface area contributed by atoms with Crippen LogP contribution in [0.15, 0.2) is 16.9 Å². The van der Waals surface area contributed by atoms with Crippen LogP contribution in [0.4, 0.5) is 0 Å². The molecule has 1 heterocycles. The normalized spacial score (nSPS) is 13.9. The van der Waals surface area contributed by atoms with Crippen LogP contribution in [0.2, 0.25) is 0 Å². The molecule has 6 heteroatoms. The molecule has 124 valence electrons. The van der Waals surface area contributed by atoms with Crippen molar-refractivity contribution in [2.24, 2.45) is 5.92 Å². The maximum Gasteiger partial charge on any atom is 0.271 e. The first-order valence-corrected chi connectivity index (χ1v) is 7.84. The van der Waals surface area contributed by atoms with E-state index in [1.165, 1.54) is 16.8 Å². The zero-order valence-corrected chi connectivity index (χ0v) is 13.9. The van der Waals surface area contributed by atoms with Gasteiger partial charge in [-0.1, -0.05) is 20.8 Å². The third-order valence-corrected chi connectivity index (χ3v) is 3.42. The Kier molecular flexibility index (Phi) is 6.74. The number of aromatic nitrogens is 2. The van der Waals surface area contributed by atoms with Gasteiger partial charge >= 0.3 is 0 Å². The van der Waals surface area contributed by atoms with E-state index in [1.807, 2.05) is 6.92 Å². The molecule has 0 aliphatic heterocycles. The highest BCUT2D eigenvalue weighted by Crippen LogP contribution is 2.15. The summed E-state index contributed by atoms with van der Waals surface area (Å²) in [6.07, 6.45) is 2.28. The van der Waals surface area contributed by atoms with Gasteiger partial charge in [-0.15, -0.1) is 0 Å². The Morgan fingerprint density at radius 1 is 1.45 bits per heavy atom. The molecule has 0 aliphatic rings. The molecule has 1 rings (SSSR count). The van der Waals surface area contributed by atoms with Crippen LogP contribution in [-0.4, -0.2) is 32.9 Å². The van der Waals surface area contributed by atoms with Crippen LogP contribution in [0.5, 0.6) is 0 Å². The minimum absolute atomic E-state index is 0.160. The first-order chi connectivity index (χ1) is 10.2. The van der Waals surface area contributed by atoms with Gasteiger partial charge in [0.1, 0.15) is 5.69 Å². The largest absolute Gasteiger partial charge is 0.388 e. The Hall–Kier alpha value is -1.69. The number of rotatable bonds is 8. The summed E-state index contributed by atoms with van der Waals surface area (Å²) in [6, 6.07) is 2.75. The van der Waals surface area contributed by atoms with Gasteiger partial charge in [0.05, 0.1) is 5.60 Å². The van der Waals surface area contributed by atoms with E-state index >= 15 is 0 Å². The summed E-state index contributed by atoms with van der Waals surface area (Å²) in [6.45, 7) is 8.47. The predicted molar refractivity (Wildman–Crippen MR) is 85.8 cm³/mol. The van der Waals surface area contributed by atoms with Crippen molar-refractivity contribution >= 4 is 5.91 Å². The molecule has 0 bridgehead atoms. The Morgan fingerprint density at radius 2 is 2.14 bits per heavy atom. The Morgan fingerprint density at radius 3 is 2.73 bits per heavy atom. The summed E-state index contributed by atoms with van der Waals surface area (Å²) >= 11 is 0. The lowest BCUT2D eigenvalue weighted by Gasteiger charge is -2.24. The molecular formula is C16H27N3O3. The SMILES string of the molecule is CCCn1nc(C(=O)NCC(C)(O)CCC(C)C)ccc1=O. The summed E-state index contributed by atoms with van der Waals surface area (Å²) in [5.74, 6) is 0.121. The number of carbonyl (C=O) groups excluding carboxylic acids is 1. The fourth-order valence-corrected chi connectivity index (χ4v) is 1.99. The zero-order valence-electron chi connectivity index (χ0n) is 13.9. The molecule has 0 aromatic carbocycles. The van der Waals surface area contributed by atoms with Crippen LogP contribution >= 0.6 is 0 Å². The molecule has 1 aromatic rings. The van der Waals surface area contributed by atoms with E-state index in [0.29, 0.717) is 18.9 Å². The lowest BCUT2D eigenvalue weighted by molar-refractivity contribution is 0.0428. The van der Waals surface area contributed by atoms with Crippen molar-refractivity contribution in [1.82, 2.24) is 15.1 Å². The maximum atomic E-state index is 12.1. The van der Waals surface area contributed by atoms with E-state index in [-0.39, 0.29) is 23.7 Å². The van der Waals surface area contributed by atoms with Crippen molar-refractivity contribution in [1.29, 1.82) is 0 Å². The smallest absolute Gasteiger partial charge is 0.271 e. The summed E-state index contributed by atoms with van der Waals surface area (Å²) in [4.78, 5) is 23.7. The van der Waals surface area contributed by atoms with Crippen molar-refractivity contribution in [3.8, 4) is 0 Å². The molecule has 6 nitrogen and oxygen atoms in total. The Balaban J connectivity index is 2.65. The van der Waals surface area contributed by atoms with Crippen LogP contribution < -0.4 is 10.9 Å². The van der Waals surface area contributed by atoms with Gasteiger partial charge in [-0.3, -0.25) is 9.59 Å². The molecular weight excluding hydrogens is 282 g/mol. The second kappa shape index (κ2) is 8.08. The number of hydrogen-bond donors (Lipinski definition) is 2. The second-order valence-electron chi connectivity index (χ2n) is 6.39. The number of nitrogens with zero attached hydrogens (tertiary/aromatic N) is 2. The molecule has 1 amide bonds. The van der Waals surface area contributed by atoms with Crippen LogP contribution in [0.3, 0.4) is 0 Å². The van der Waals surface area contributed by atoms with Gasteiger partial charge in [0.25, 0.3) is 11.5 Å². The van der Waals surface area contributed by atoms with E-state index in [4.69, 9.17) is 0 Å². The fraction of sp³-hybridized carbons (Fsp3) is 0.688. The summed E-state index contributed by atoms with van der Waals surface area (Å²) in [5, 5.41) is 17.0. The predicted octanol–water partition coefficient (Wildman–Crippen LogP) is 1.57. The first kappa shape index (κ1) is 18.4. The van der Waals surface area contributed by atoms with Crippen LogP contribution in [0, 0.1) is 5.92 Å². The third-order valence-electron chi connectivity index (χ3n) is 3.42. The van der Waals surface area contributed by atoms with Crippen molar-refractivity contribution in [2.45, 2.75) is 59.1 Å². The first-order valence-electron chi connectivity index (χ1n) is 7.84. The lowest BCUT2D eigenvalue weighted by Crippen LogP contribution is -2.41. The highest BCUT2D eigenvalue weighted by Gasteiger charge is 2.22. The van der Waals surface area contributed by atoms with E-state index in [2.05, 4.69) is 24.3 Å². The number of hydrogen-bond acceptors (Lipinski definition) is 4. The second-order valence-corrected chi connectivity index (χ2v) is 6.39. The van der Waals surface area contributed by atoms with Gasteiger partial charge in [0.2, 0.25) is 0 Å². The Bertz CT molecular complexity index is 550. The summed E-state index contributed by atoms with van der Waals surface area (Å²) in [7, 11) is 0. The van der Waals surface area contributed by atoms with Crippen LogP contribution in [0.1, 0.15) is 57.4 Å². The molecule has 0 aliphatic carbocycles. The molecule has 0 spiro atoms. The number of nitrogens with one attached hydrogen (secondary N) is 1.